The minimum atomic E-state index is -2.24. The Morgan fingerprint density at radius 3 is 1.41 bits per heavy atom. The summed E-state index contributed by atoms with van der Waals surface area (Å²) in [5.41, 5.74) is 0.287. The van der Waals surface area contributed by atoms with Gasteiger partial charge in [-0.1, -0.05) is 0 Å². The van der Waals surface area contributed by atoms with Crippen molar-refractivity contribution < 1.29 is 28.6 Å². The summed E-state index contributed by atoms with van der Waals surface area (Å²) in [5, 5.41) is 0. The topological polar surface area (TPSA) is 78.9 Å². The van der Waals surface area contributed by atoms with Crippen LogP contribution in [0.25, 0.3) is 0 Å². The SMILES string of the molecule is CC(=O)OC(OC(C)=O)(OC(C)=O)c1c(I)cc(I)cc1I. The van der Waals surface area contributed by atoms with E-state index in [4.69, 9.17) is 14.2 Å². The van der Waals surface area contributed by atoms with Gasteiger partial charge in [-0.3, -0.25) is 14.4 Å². The van der Waals surface area contributed by atoms with E-state index in [2.05, 4.69) is 22.6 Å². The molecule has 0 fully saturated rings. The first-order valence-corrected chi connectivity index (χ1v) is 9.05. The van der Waals surface area contributed by atoms with Crippen LogP contribution in [0.2, 0.25) is 0 Å². The summed E-state index contributed by atoms with van der Waals surface area (Å²) in [7, 11) is 0. The van der Waals surface area contributed by atoms with Crippen molar-refractivity contribution in [3.05, 3.63) is 28.4 Å². The van der Waals surface area contributed by atoms with Gasteiger partial charge in [0.15, 0.2) is 0 Å². The van der Waals surface area contributed by atoms with Crippen LogP contribution in [0.15, 0.2) is 12.1 Å². The number of rotatable bonds is 4. The highest BCUT2D eigenvalue weighted by Crippen LogP contribution is 2.37. The molecule has 6 nitrogen and oxygen atoms in total. The van der Waals surface area contributed by atoms with Crippen molar-refractivity contribution >= 4 is 85.7 Å². The van der Waals surface area contributed by atoms with Gasteiger partial charge in [0.25, 0.3) is 0 Å². The molecule has 0 radical (unpaired) electrons. The highest BCUT2D eigenvalue weighted by Gasteiger charge is 2.47. The third-order valence-electron chi connectivity index (χ3n) is 2.15. The van der Waals surface area contributed by atoms with E-state index in [0.717, 1.165) is 24.3 Å². The highest BCUT2D eigenvalue weighted by atomic mass is 127. The molecule has 0 aliphatic rings. The smallest absolute Gasteiger partial charge is 0.384 e. The van der Waals surface area contributed by atoms with E-state index in [0.29, 0.717) is 7.14 Å². The molecule has 0 saturated carbocycles. The molecule has 0 amide bonds. The van der Waals surface area contributed by atoms with Crippen molar-refractivity contribution in [3.8, 4) is 0 Å². The summed E-state index contributed by atoms with van der Waals surface area (Å²) in [4.78, 5) is 34.4. The van der Waals surface area contributed by atoms with Gasteiger partial charge < -0.3 is 14.2 Å². The summed E-state index contributed by atoms with van der Waals surface area (Å²) in [5.74, 6) is -4.51. The molecule has 0 aromatic heterocycles. The second kappa shape index (κ2) is 8.08. The molecule has 1 rings (SSSR count). The average Bonchev–Trinajstić information content (AvgIpc) is 2.22. The first-order valence-electron chi connectivity index (χ1n) is 5.81. The quantitative estimate of drug-likeness (QED) is 0.285. The maximum atomic E-state index is 11.5. The molecule has 9 heteroatoms. The number of hydrogen-bond donors (Lipinski definition) is 0. The Labute approximate surface area is 168 Å². The molecule has 1 aromatic carbocycles. The number of hydrogen-bond acceptors (Lipinski definition) is 6. The Hall–Kier alpha value is -0.180. The second-order valence-corrected chi connectivity index (χ2v) is 7.65. The van der Waals surface area contributed by atoms with Crippen molar-refractivity contribution in [2.24, 2.45) is 0 Å². The Kier molecular flexibility index (Phi) is 7.29. The van der Waals surface area contributed by atoms with Crippen LogP contribution in [-0.4, -0.2) is 17.9 Å². The summed E-state index contributed by atoms with van der Waals surface area (Å²) < 4.78 is 17.5. The van der Waals surface area contributed by atoms with Crippen LogP contribution >= 0.6 is 67.8 Å². The van der Waals surface area contributed by atoms with Crippen molar-refractivity contribution in [1.29, 1.82) is 0 Å². The predicted octanol–water partition coefficient (Wildman–Crippen LogP) is 3.30. The van der Waals surface area contributed by atoms with Crippen LogP contribution in [0.5, 0.6) is 0 Å². The molecule has 0 spiro atoms. The predicted molar refractivity (Wildman–Crippen MR) is 102 cm³/mol. The standard InChI is InChI=1S/C13H11I3O6/c1-6(17)20-13(21-7(2)18,22-8(3)19)12-10(15)4-9(14)5-11(12)16/h4-5H,1-3H3. The maximum Gasteiger partial charge on any atom is 0.455 e. The molecule has 0 N–H and O–H groups in total. The van der Waals surface area contributed by atoms with Crippen molar-refractivity contribution in [3.63, 3.8) is 0 Å². The largest absolute Gasteiger partial charge is 0.455 e. The monoisotopic (exact) mass is 644 g/mol. The zero-order chi connectivity index (χ0) is 17.1. The molecular formula is C13H11I3O6. The van der Waals surface area contributed by atoms with Crippen LogP contribution in [0.4, 0.5) is 0 Å². The van der Waals surface area contributed by atoms with Crippen LogP contribution in [-0.2, 0) is 34.6 Å². The van der Waals surface area contributed by atoms with Crippen LogP contribution < -0.4 is 0 Å². The van der Waals surface area contributed by atoms with Gasteiger partial charge in [-0.05, 0) is 79.9 Å². The third-order valence-corrected chi connectivity index (χ3v) is 4.47. The number of carbonyl (C=O) groups is 3. The van der Waals surface area contributed by atoms with Crippen molar-refractivity contribution in [2.75, 3.05) is 0 Å². The third kappa shape index (κ3) is 5.18. The fourth-order valence-electron chi connectivity index (χ4n) is 1.62. The number of carbonyl (C=O) groups excluding carboxylic acids is 3. The fourth-order valence-corrected chi connectivity index (χ4v) is 5.86. The minimum Gasteiger partial charge on any atom is -0.384 e. The van der Waals surface area contributed by atoms with Gasteiger partial charge in [-0.15, -0.1) is 0 Å². The van der Waals surface area contributed by atoms with Gasteiger partial charge in [0.1, 0.15) is 5.56 Å². The van der Waals surface area contributed by atoms with Gasteiger partial charge in [-0.2, -0.15) is 0 Å². The minimum absolute atomic E-state index is 0.287. The van der Waals surface area contributed by atoms with Gasteiger partial charge >= 0.3 is 23.9 Å². The second-order valence-electron chi connectivity index (χ2n) is 4.08. The summed E-state index contributed by atoms with van der Waals surface area (Å²) in [6.07, 6.45) is 0. The molecule has 0 aliphatic carbocycles. The first kappa shape index (κ1) is 19.9. The van der Waals surface area contributed by atoms with Gasteiger partial charge in [0.2, 0.25) is 0 Å². The summed E-state index contributed by atoms with van der Waals surface area (Å²) >= 11 is 6.11. The van der Waals surface area contributed by atoms with E-state index < -0.39 is 23.9 Å². The molecule has 0 heterocycles. The highest BCUT2D eigenvalue weighted by molar-refractivity contribution is 14.1. The molecule has 0 aliphatic heterocycles. The van der Waals surface area contributed by atoms with Crippen LogP contribution in [0.3, 0.4) is 0 Å². The molecule has 0 bridgehead atoms. The molecule has 0 atom stereocenters. The number of ether oxygens (including phenoxy) is 3. The Morgan fingerprint density at radius 2 is 1.14 bits per heavy atom. The first-order chi connectivity index (χ1) is 10.1. The average molecular weight is 644 g/mol. The van der Waals surface area contributed by atoms with Crippen molar-refractivity contribution in [1.82, 2.24) is 0 Å². The normalized spacial score (nSPS) is 10.8. The Bertz CT molecular complexity index is 564. The zero-order valence-electron chi connectivity index (χ0n) is 11.7. The van der Waals surface area contributed by atoms with E-state index in [1.165, 1.54) is 0 Å². The summed E-state index contributed by atoms with van der Waals surface area (Å²) in [6, 6.07) is 3.56. The van der Waals surface area contributed by atoms with E-state index in [-0.39, 0.29) is 5.56 Å². The number of halogens is 3. The number of benzene rings is 1. The molecule has 0 saturated heterocycles. The van der Waals surface area contributed by atoms with E-state index >= 15 is 0 Å². The lowest BCUT2D eigenvalue weighted by Crippen LogP contribution is -2.42. The molecule has 120 valence electrons. The maximum absolute atomic E-state index is 11.5. The van der Waals surface area contributed by atoms with Gasteiger partial charge in [0, 0.05) is 31.5 Å². The van der Waals surface area contributed by atoms with E-state index in [9.17, 15) is 14.4 Å². The lowest BCUT2D eigenvalue weighted by molar-refractivity contribution is -0.338. The Morgan fingerprint density at radius 1 is 0.818 bits per heavy atom. The van der Waals surface area contributed by atoms with Crippen molar-refractivity contribution in [2.45, 2.75) is 26.7 Å². The van der Waals surface area contributed by atoms with Gasteiger partial charge in [0.05, 0.1) is 0 Å². The fraction of sp³-hybridized carbons (Fsp3) is 0.308. The van der Waals surface area contributed by atoms with E-state index in [1.54, 1.807) is 12.1 Å². The lowest BCUT2D eigenvalue weighted by atomic mass is 10.2. The summed E-state index contributed by atoms with van der Waals surface area (Å²) in [6.45, 7) is 3.40. The zero-order valence-corrected chi connectivity index (χ0v) is 18.2. The lowest BCUT2D eigenvalue weighted by Gasteiger charge is -2.31. The van der Waals surface area contributed by atoms with E-state index in [1.807, 2.05) is 45.2 Å². The van der Waals surface area contributed by atoms with Gasteiger partial charge in [-0.25, -0.2) is 0 Å². The van der Waals surface area contributed by atoms with Crippen LogP contribution in [0.1, 0.15) is 26.3 Å². The molecular weight excluding hydrogens is 633 g/mol. The Balaban J connectivity index is 3.62. The number of esters is 3. The molecule has 22 heavy (non-hydrogen) atoms. The van der Waals surface area contributed by atoms with Crippen LogP contribution in [0, 0.1) is 10.7 Å². The molecule has 1 aromatic rings. The molecule has 0 unspecified atom stereocenters.